The molecular weight excluding hydrogens is 361 g/mol. The van der Waals surface area contributed by atoms with Gasteiger partial charge in [-0.1, -0.05) is 62.9 Å². The summed E-state index contributed by atoms with van der Waals surface area (Å²) < 4.78 is 41.2. The van der Waals surface area contributed by atoms with Crippen molar-refractivity contribution in [3.63, 3.8) is 0 Å². The highest BCUT2D eigenvalue weighted by molar-refractivity contribution is 5.66. The maximum Gasteiger partial charge on any atom is 0.523 e. The molecule has 28 heavy (non-hydrogen) atoms. The molecule has 0 spiro atoms. The van der Waals surface area contributed by atoms with Crippen LogP contribution in [0.15, 0.2) is 30.3 Å². The zero-order valence-corrected chi connectivity index (χ0v) is 17.1. The third-order valence-corrected chi connectivity index (χ3v) is 6.77. The fourth-order valence-electron chi connectivity index (χ4n) is 5.14. The molecule has 2 unspecified atom stereocenters. The number of ether oxygens (including phenoxy) is 1. The average molecular weight is 395 g/mol. The third kappa shape index (κ3) is 5.85. The number of hydrogen-bond acceptors (Lipinski definition) is 1. The fourth-order valence-corrected chi connectivity index (χ4v) is 5.14. The third-order valence-electron chi connectivity index (χ3n) is 6.77. The minimum absolute atomic E-state index is 0.555. The lowest BCUT2D eigenvalue weighted by molar-refractivity contribution is -0.342. The van der Waals surface area contributed by atoms with Crippen molar-refractivity contribution >= 4 is 5.57 Å². The molecule has 0 heterocycles. The van der Waals surface area contributed by atoms with Crippen molar-refractivity contribution in [2.45, 2.75) is 84.1 Å². The Morgan fingerprint density at radius 1 is 1.00 bits per heavy atom. The second-order valence-electron chi connectivity index (χ2n) is 8.66. The van der Waals surface area contributed by atoms with Gasteiger partial charge in [0.15, 0.2) is 0 Å². The van der Waals surface area contributed by atoms with E-state index in [0.29, 0.717) is 5.56 Å². The van der Waals surface area contributed by atoms with Crippen LogP contribution in [0.4, 0.5) is 13.2 Å². The predicted molar refractivity (Wildman–Crippen MR) is 108 cm³/mol. The SMILES string of the molecule is CCCC1CCC(C2CC=C(c3ccc(C(C)OC(F)(F)F)cc3)CC2)CC1. The van der Waals surface area contributed by atoms with Crippen LogP contribution in [0, 0.1) is 17.8 Å². The van der Waals surface area contributed by atoms with Crippen LogP contribution in [0.5, 0.6) is 0 Å². The molecule has 156 valence electrons. The molecule has 1 aromatic rings. The highest BCUT2D eigenvalue weighted by Crippen LogP contribution is 2.42. The number of allylic oxidation sites excluding steroid dienone is 2. The fraction of sp³-hybridized carbons (Fsp3) is 0.667. The van der Waals surface area contributed by atoms with E-state index >= 15 is 0 Å². The summed E-state index contributed by atoms with van der Waals surface area (Å²) in [7, 11) is 0. The Hall–Kier alpha value is -1.29. The molecule has 2 atom stereocenters. The van der Waals surface area contributed by atoms with Crippen molar-refractivity contribution in [2.75, 3.05) is 0 Å². The molecule has 0 N–H and O–H groups in total. The first-order chi connectivity index (χ1) is 13.4. The smallest absolute Gasteiger partial charge is 0.284 e. The minimum Gasteiger partial charge on any atom is -0.284 e. The van der Waals surface area contributed by atoms with Gasteiger partial charge >= 0.3 is 6.36 Å². The lowest BCUT2D eigenvalue weighted by Crippen LogP contribution is -2.23. The maximum atomic E-state index is 12.4. The minimum atomic E-state index is -4.60. The average Bonchev–Trinajstić information content (AvgIpc) is 2.68. The van der Waals surface area contributed by atoms with Crippen molar-refractivity contribution < 1.29 is 17.9 Å². The van der Waals surface area contributed by atoms with Crippen molar-refractivity contribution in [3.8, 4) is 0 Å². The predicted octanol–water partition coefficient (Wildman–Crippen LogP) is 8.07. The van der Waals surface area contributed by atoms with Gasteiger partial charge in [-0.05, 0) is 73.5 Å². The number of halogens is 3. The van der Waals surface area contributed by atoms with Gasteiger partial charge in [-0.25, -0.2) is 0 Å². The molecule has 2 aliphatic carbocycles. The van der Waals surface area contributed by atoms with Crippen molar-refractivity contribution in [3.05, 3.63) is 41.5 Å². The van der Waals surface area contributed by atoms with Crippen LogP contribution in [0.3, 0.4) is 0 Å². The first-order valence-electron chi connectivity index (χ1n) is 10.9. The summed E-state index contributed by atoms with van der Waals surface area (Å²) >= 11 is 0. The summed E-state index contributed by atoms with van der Waals surface area (Å²) in [6.07, 6.45) is 8.55. The van der Waals surface area contributed by atoms with Gasteiger partial charge < -0.3 is 0 Å². The molecule has 0 amide bonds. The summed E-state index contributed by atoms with van der Waals surface area (Å²) in [5.41, 5.74) is 3.03. The lowest BCUT2D eigenvalue weighted by atomic mass is 9.70. The first kappa shape index (κ1) is 21.4. The Morgan fingerprint density at radius 3 is 2.21 bits per heavy atom. The summed E-state index contributed by atoms with van der Waals surface area (Å²) in [4.78, 5) is 0. The molecule has 4 heteroatoms. The summed E-state index contributed by atoms with van der Waals surface area (Å²) in [5.74, 6) is 2.65. The van der Waals surface area contributed by atoms with Crippen LogP contribution in [0.1, 0.15) is 88.9 Å². The van der Waals surface area contributed by atoms with E-state index in [2.05, 4.69) is 17.7 Å². The molecular formula is C24H33F3O. The van der Waals surface area contributed by atoms with Gasteiger partial charge in [0, 0.05) is 0 Å². The molecule has 0 saturated heterocycles. The topological polar surface area (TPSA) is 9.23 Å². The van der Waals surface area contributed by atoms with E-state index in [9.17, 15) is 13.2 Å². The lowest BCUT2D eigenvalue weighted by Gasteiger charge is -2.35. The Morgan fingerprint density at radius 2 is 1.68 bits per heavy atom. The quantitative estimate of drug-likeness (QED) is 0.474. The second-order valence-corrected chi connectivity index (χ2v) is 8.66. The van der Waals surface area contributed by atoms with Crippen molar-refractivity contribution in [1.29, 1.82) is 0 Å². The zero-order chi connectivity index (χ0) is 20.1. The van der Waals surface area contributed by atoms with Gasteiger partial charge in [0.05, 0.1) is 6.10 Å². The second kappa shape index (κ2) is 9.47. The van der Waals surface area contributed by atoms with Gasteiger partial charge in [-0.15, -0.1) is 13.2 Å². The first-order valence-corrected chi connectivity index (χ1v) is 10.9. The Labute approximate surface area is 167 Å². The molecule has 1 fully saturated rings. The van der Waals surface area contributed by atoms with E-state index in [0.717, 1.165) is 36.2 Å². The van der Waals surface area contributed by atoms with Gasteiger partial charge in [0.2, 0.25) is 0 Å². The number of hydrogen-bond donors (Lipinski definition) is 0. The summed E-state index contributed by atoms with van der Waals surface area (Å²) in [6, 6.07) is 7.39. The maximum absolute atomic E-state index is 12.4. The van der Waals surface area contributed by atoms with E-state index in [1.54, 1.807) is 12.1 Å². The molecule has 0 radical (unpaired) electrons. The zero-order valence-electron chi connectivity index (χ0n) is 17.1. The Bertz CT molecular complexity index is 639. The van der Waals surface area contributed by atoms with Crippen LogP contribution in [-0.2, 0) is 4.74 Å². The van der Waals surface area contributed by atoms with Gasteiger partial charge in [-0.2, -0.15) is 0 Å². The van der Waals surface area contributed by atoms with E-state index < -0.39 is 12.5 Å². The molecule has 0 bridgehead atoms. The summed E-state index contributed by atoms with van der Waals surface area (Å²) in [5, 5.41) is 0. The van der Waals surface area contributed by atoms with E-state index in [4.69, 9.17) is 0 Å². The van der Waals surface area contributed by atoms with E-state index in [1.807, 2.05) is 12.1 Å². The normalized spacial score (nSPS) is 27.3. The molecule has 0 aliphatic heterocycles. The highest BCUT2D eigenvalue weighted by Gasteiger charge is 2.32. The van der Waals surface area contributed by atoms with Crippen LogP contribution >= 0.6 is 0 Å². The van der Waals surface area contributed by atoms with Crippen LogP contribution in [-0.4, -0.2) is 6.36 Å². The number of benzene rings is 1. The van der Waals surface area contributed by atoms with E-state index in [-0.39, 0.29) is 0 Å². The van der Waals surface area contributed by atoms with Crippen LogP contribution in [0.25, 0.3) is 5.57 Å². The van der Waals surface area contributed by atoms with Crippen molar-refractivity contribution in [1.82, 2.24) is 0 Å². The standard InChI is InChI=1S/C24H33F3O/c1-3-4-18-5-7-20(8-6-18)22-13-15-23(16-14-22)21-11-9-19(10-12-21)17(2)28-24(25,26)27/h9-12,15,17-18,20,22H,3-8,13-14,16H2,1-2H3. The molecule has 0 aromatic heterocycles. The van der Waals surface area contributed by atoms with Gasteiger partial charge in [-0.3, -0.25) is 4.74 Å². The molecule has 1 saturated carbocycles. The summed E-state index contributed by atoms with van der Waals surface area (Å²) in [6.45, 7) is 3.72. The molecule has 3 rings (SSSR count). The molecule has 1 nitrogen and oxygen atoms in total. The largest absolute Gasteiger partial charge is 0.523 e. The molecule has 1 aromatic carbocycles. The molecule has 2 aliphatic rings. The monoisotopic (exact) mass is 394 g/mol. The van der Waals surface area contributed by atoms with Crippen molar-refractivity contribution in [2.24, 2.45) is 17.8 Å². The number of alkyl halides is 3. The van der Waals surface area contributed by atoms with E-state index in [1.165, 1.54) is 57.4 Å². The van der Waals surface area contributed by atoms with Crippen LogP contribution in [0.2, 0.25) is 0 Å². The van der Waals surface area contributed by atoms with Gasteiger partial charge in [0.1, 0.15) is 0 Å². The van der Waals surface area contributed by atoms with Gasteiger partial charge in [0.25, 0.3) is 0 Å². The number of rotatable bonds is 6. The van der Waals surface area contributed by atoms with Crippen LogP contribution < -0.4 is 0 Å². The Kier molecular flexibility index (Phi) is 7.25. The Balaban J connectivity index is 1.53. The highest BCUT2D eigenvalue weighted by atomic mass is 19.4.